The van der Waals surface area contributed by atoms with E-state index in [2.05, 4.69) is 15.9 Å². The Morgan fingerprint density at radius 3 is 2.71 bits per heavy atom. The van der Waals surface area contributed by atoms with Crippen LogP contribution in [0.15, 0.2) is 22.7 Å². The zero-order valence-electron chi connectivity index (χ0n) is 11.3. The average molecular weight is 361 g/mol. The van der Waals surface area contributed by atoms with Gasteiger partial charge in [-0.3, -0.25) is 0 Å². The lowest BCUT2D eigenvalue weighted by Gasteiger charge is -2.47. The highest BCUT2D eigenvalue weighted by Gasteiger charge is 2.52. The summed E-state index contributed by atoms with van der Waals surface area (Å²) in [6.45, 7) is -0.393. The molecule has 1 aromatic carbocycles. The summed E-state index contributed by atoms with van der Waals surface area (Å²) in [6, 6.07) is 5.48. The van der Waals surface area contributed by atoms with Gasteiger partial charge < -0.3 is 29.5 Å². The molecule has 1 saturated heterocycles. The molecule has 3 N–H and O–H groups in total. The van der Waals surface area contributed by atoms with Crippen LogP contribution in [0.5, 0.6) is 5.75 Å². The van der Waals surface area contributed by atoms with Crippen molar-refractivity contribution in [3.63, 3.8) is 0 Å². The molecule has 0 aromatic heterocycles. The molecule has 1 aromatic rings. The van der Waals surface area contributed by atoms with E-state index in [1.165, 1.54) is 7.11 Å². The Morgan fingerprint density at radius 2 is 2.05 bits per heavy atom. The number of halogens is 1. The van der Waals surface area contributed by atoms with Crippen LogP contribution in [0.2, 0.25) is 0 Å². The maximum Gasteiger partial charge on any atom is 0.208 e. The number of aliphatic hydroxyl groups excluding tert-OH is 3. The van der Waals surface area contributed by atoms with Gasteiger partial charge in [0.05, 0.1) is 24.7 Å². The summed E-state index contributed by atoms with van der Waals surface area (Å²) >= 11 is 3.40. The monoisotopic (exact) mass is 360 g/mol. The minimum Gasteiger partial charge on any atom is -0.464 e. The van der Waals surface area contributed by atoms with Crippen LogP contribution in [-0.4, -0.2) is 53.6 Å². The van der Waals surface area contributed by atoms with Crippen LogP contribution < -0.4 is 4.74 Å². The second-order valence-corrected chi connectivity index (χ2v) is 6.16. The normalized spacial score (nSPS) is 38.3. The van der Waals surface area contributed by atoms with Gasteiger partial charge in [0.1, 0.15) is 18.0 Å². The zero-order valence-corrected chi connectivity index (χ0v) is 12.9. The number of aliphatic hydroxyl groups is 3. The van der Waals surface area contributed by atoms with Gasteiger partial charge in [0.15, 0.2) is 0 Å². The highest BCUT2D eigenvalue weighted by molar-refractivity contribution is 9.10. The molecule has 2 heterocycles. The molecule has 0 aliphatic carbocycles. The standard InChI is InChI=1S/C14H17BrO6/c1-19-13-7-4-6(15)2-3-8(7)20-14-10(13)12(18)11(17)9(5-16)21-14/h2-4,9-14,16-18H,5H2,1H3/t9-,10-,11-,12-,13-,14-/m1/s1. The fourth-order valence-electron chi connectivity index (χ4n) is 3.00. The van der Waals surface area contributed by atoms with E-state index in [9.17, 15) is 15.3 Å². The van der Waals surface area contributed by atoms with Crippen molar-refractivity contribution < 1.29 is 29.5 Å². The first-order chi connectivity index (χ1) is 10.1. The van der Waals surface area contributed by atoms with Gasteiger partial charge in [-0.2, -0.15) is 0 Å². The van der Waals surface area contributed by atoms with Gasteiger partial charge >= 0.3 is 0 Å². The van der Waals surface area contributed by atoms with Gasteiger partial charge in [-0.15, -0.1) is 0 Å². The van der Waals surface area contributed by atoms with Crippen molar-refractivity contribution in [3.8, 4) is 5.75 Å². The molecule has 0 spiro atoms. The molecule has 6 nitrogen and oxygen atoms in total. The van der Waals surface area contributed by atoms with Crippen LogP contribution in [0.25, 0.3) is 0 Å². The lowest BCUT2D eigenvalue weighted by atomic mass is 9.82. The van der Waals surface area contributed by atoms with E-state index in [0.29, 0.717) is 5.75 Å². The Hall–Kier alpha value is -0.700. The molecule has 0 radical (unpaired) electrons. The average Bonchev–Trinajstić information content (AvgIpc) is 2.49. The van der Waals surface area contributed by atoms with E-state index < -0.39 is 43.2 Å². The fraction of sp³-hybridized carbons (Fsp3) is 0.571. The van der Waals surface area contributed by atoms with E-state index in [-0.39, 0.29) is 0 Å². The molecule has 2 aliphatic heterocycles. The van der Waals surface area contributed by atoms with Crippen LogP contribution in [0.3, 0.4) is 0 Å². The number of methoxy groups -OCH3 is 1. The lowest BCUT2D eigenvalue weighted by Crippen LogP contribution is -2.60. The summed E-state index contributed by atoms with van der Waals surface area (Å²) < 4.78 is 17.7. The summed E-state index contributed by atoms with van der Waals surface area (Å²) in [6.07, 6.45) is -4.43. The smallest absolute Gasteiger partial charge is 0.208 e. The molecule has 0 saturated carbocycles. The Morgan fingerprint density at radius 1 is 1.29 bits per heavy atom. The zero-order chi connectivity index (χ0) is 15.1. The van der Waals surface area contributed by atoms with Crippen molar-refractivity contribution in [2.24, 2.45) is 5.92 Å². The molecular formula is C14H17BrO6. The first-order valence-electron chi connectivity index (χ1n) is 6.68. The second kappa shape index (κ2) is 5.83. The maximum absolute atomic E-state index is 10.4. The minimum absolute atomic E-state index is 0.393. The quantitative estimate of drug-likeness (QED) is 0.715. The molecule has 0 bridgehead atoms. The van der Waals surface area contributed by atoms with E-state index >= 15 is 0 Å². The number of benzene rings is 1. The topological polar surface area (TPSA) is 88.4 Å². The molecule has 116 valence electrons. The molecule has 0 unspecified atom stereocenters. The van der Waals surface area contributed by atoms with Gasteiger partial charge in [0, 0.05) is 17.1 Å². The van der Waals surface area contributed by atoms with Crippen LogP contribution in [0.4, 0.5) is 0 Å². The van der Waals surface area contributed by atoms with Crippen molar-refractivity contribution >= 4 is 15.9 Å². The van der Waals surface area contributed by atoms with Crippen molar-refractivity contribution in [1.29, 1.82) is 0 Å². The largest absolute Gasteiger partial charge is 0.464 e. The molecule has 6 atom stereocenters. The SMILES string of the molecule is CO[C@@H]1c2cc(Br)ccc2O[C@@H]2O[C@H](CO)[C@@H](O)[C@H](O)[C@@H]21. The third kappa shape index (κ3) is 2.48. The molecule has 7 heteroatoms. The van der Waals surface area contributed by atoms with Crippen LogP contribution in [0.1, 0.15) is 11.7 Å². The minimum atomic E-state index is -1.19. The van der Waals surface area contributed by atoms with E-state index in [4.69, 9.17) is 14.2 Å². The number of fused-ring (bicyclic) bond motifs is 2. The van der Waals surface area contributed by atoms with Crippen LogP contribution >= 0.6 is 15.9 Å². The summed E-state index contributed by atoms with van der Waals surface area (Å²) in [7, 11) is 1.54. The predicted molar refractivity (Wildman–Crippen MR) is 75.8 cm³/mol. The molecule has 0 amide bonds. The summed E-state index contributed by atoms with van der Waals surface area (Å²) in [5.74, 6) is 0.0289. The number of hydrogen-bond acceptors (Lipinski definition) is 6. The van der Waals surface area contributed by atoms with Gasteiger partial charge in [-0.25, -0.2) is 0 Å². The number of rotatable bonds is 2. The molecule has 2 aliphatic rings. The molecular weight excluding hydrogens is 344 g/mol. The second-order valence-electron chi connectivity index (χ2n) is 5.24. The van der Waals surface area contributed by atoms with Gasteiger partial charge in [-0.1, -0.05) is 15.9 Å². The predicted octanol–water partition coefficient (Wildman–Crippen LogP) is 0.584. The molecule has 3 rings (SSSR count). The maximum atomic E-state index is 10.4. The summed E-state index contributed by atoms with van der Waals surface area (Å²) in [5.41, 5.74) is 0.783. The number of ether oxygens (including phenoxy) is 3. The number of hydrogen-bond donors (Lipinski definition) is 3. The van der Waals surface area contributed by atoms with E-state index in [1.807, 2.05) is 12.1 Å². The van der Waals surface area contributed by atoms with Gasteiger partial charge in [-0.05, 0) is 18.2 Å². The van der Waals surface area contributed by atoms with Crippen molar-refractivity contribution in [3.05, 3.63) is 28.2 Å². The van der Waals surface area contributed by atoms with Crippen LogP contribution in [-0.2, 0) is 9.47 Å². The van der Waals surface area contributed by atoms with E-state index in [1.54, 1.807) is 6.07 Å². The van der Waals surface area contributed by atoms with Crippen molar-refractivity contribution in [2.75, 3.05) is 13.7 Å². The van der Waals surface area contributed by atoms with Gasteiger partial charge in [0.2, 0.25) is 6.29 Å². The Labute approximate surface area is 130 Å². The Bertz CT molecular complexity index is 524. The third-order valence-corrected chi connectivity index (χ3v) is 4.55. The van der Waals surface area contributed by atoms with Crippen molar-refractivity contribution in [1.82, 2.24) is 0 Å². The highest BCUT2D eigenvalue weighted by atomic mass is 79.9. The Kier molecular flexibility index (Phi) is 4.22. The van der Waals surface area contributed by atoms with E-state index in [0.717, 1.165) is 10.0 Å². The fourth-order valence-corrected chi connectivity index (χ4v) is 3.38. The first-order valence-corrected chi connectivity index (χ1v) is 7.47. The molecule has 21 heavy (non-hydrogen) atoms. The summed E-state index contributed by atoms with van der Waals surface area (Å²) in [4.78, 5) is 0. The summed E-state index contributed by atoms with van der Waals surface area (Å²) in [5, 5.41) is 29.6. The lowest BCUT2D eigenvalue weighted by molar-refractivity contribution is -0.285. The van der Waals surface area contributed by atoms with Gasteiger partial charge in [0.25, 0.3) is 0 Å². The highest BCUT2D eigenvalue weighted by Crippen LogP contribution is 2.46. The third-order valence-electron chi connectivity index (χ3n) is 4.05. The molecule has 1 fully saturated rings. The first kappa shape index (κ1) is 15.2. The van der Waals surface area contributed by atoms with Crippen LogP contribution in [0, 0.1) is 5.92 Å². The Balaban J connectivity index is 2.00. The van der Waals surface area contributed by atoms with Crippen molar-refractivity contribution in [2.45, 2.75) is 30.7 Å².